The lowest BCUT2D eigenvalue weighted by Crippen LogP contribution is -2.13. The van der Waals surface area contributed by atoms with Gasteiger partial charge in [-0.2, -0.15) is 5.10 Å². The zero-order chi connectivity index (χ0) is 14.9. The SMILES string of the molecule is CCn1cc(S(=O)(=O)Nc2ccc(Br)c(Cl)c2)c(N)n1. The second-order valence-corrected chi connectivity index (χ2v) is 6.88. The predicted octanol–water partition coefficient (Wildman–Crippen LogP) is 2.70. The molecule has 0 aliphatic carbocycles. The van der Waals surface area contributed by atoms with Crippen molar-refractivity contribution in [1.29, 1.82) is 0 Å². The Morgan fingerprint density at radius 3 is 2.75 bits per heavy atom. The van der Waals surface area contributed by atoms with E-state index in [1.165, 1.54) is 16.9 Å². The van der Waals surface area contributed by atoms with Gasteiger partial charge in [-0.25, -0.2) is 8.42 Å². The molecule has 1 aromatic heterocycles. The standard InChI is InChI=1S/C11H12BrClN4O2S/c1-2-17-6-10(11(14)15-17)20(18,19)16-7-3-4-8(12)9(13)5-7/h3-6,16H,2H2,1H3,(H2,14,15). The molecule has 0 saturated carbocycles. The number of hydrogen-bond acceptors (Lipinski definition) is 4. The predicted molar refractivity (Wildman–Crippen MR) is 82.3 cm³/mol. The number of aryl methyl sites for hydroxylation is 1. The molecule has 0 aliphatic heterocycles. The summed E-state index contributed by atoms with van der Waals surface area (Å²) in [5, 5.41) is 4.32. The number of anilines is 2. The molecule has 0 spiro atoms. The summed E-state index contributed by atoms with van der Waals surface area (Å²) >= 11 is 9.16. The minimum absolute atomic E-state index is 0.0393. The van der Waals surface area contributed by atoms with E-state index in [1.807, 2.05) is 6.92 Å². The van der Waals surface area contributed by atoms with E-state index in [0.717, 1.165) is 0 Å². The Balaban J connectivity index is 2.35. The fraction of sp³-hybridized carbons (Fsp3) is 0.182. The van der Waals surface area contributed by atoms with Gasteiger partial charge in [0.2, 0.25) is 0 Å². The van der Waals surface area contributed by atoms with Crippen molar-refractivity contribution in [3.63, 3.8) is 0 Å². The Morgan fingerprint density at radius 1 is 1.50 bits per heavy atom. The first-order valence-electron chi connectivity index (χ1n) is 5.64. The number of hydrogen-bond donors (Lipinski definition) is 2. The van der Waals surface area contributed by atoms with Crippen molar-refractivity contribution in [2.75, 3.05) is 10.5 Å². The normalized spacial score (nSPS) is 11.6. The third-order valence-electron chi connectivity index (χ3n) is 2.54. The zero-order valence-electron chi connectivity index (χ0n) is 10.5. The topological polar surface area (TPSA) is 90.0 Å². The quantitative estimate of drug-likeness (QED) is 0.854. The molecule has 1 heterocycles. The van der Waals surface area contributed by atoms with Gasteiger partial charge in [0, 0.05) is 17.2 Å². The first-order valence-corrected chi connectivity index (χ1v) is 8.29. The maximum Gasteiger partial charge on any atom is 0.267 e. The van der Waals surface area contributed by atoms with E-state index in [2.05, 4.69) is 25.8 Å². The fourth-order valence-electron chi connectivity index (χ4n) is 1.56. The molecular weight excluding hydrogens is 368 g/mol. The number of nitrogens with two attached hydrogens (primary N) is 1. The summed E-state index contributed by atoms with van der Waals surface area (Å²) in [7, 11) is -3.80. The molecule has 0 aliphatic rings. The molecule has 20 heavy (non-hydrogen) atoms. The second-order valence-electron chi connectivity index (χ2n) is 3.97. The number of halogens is 2. The molecule has 3 N–H and O–H groups in total. The average molecular weight is 380 g/mol. The van der Waals surface area contributed by atoms with Crippen LogP contribution < -0.4 is 10.5 Å². The van der Waals surface area contributed by atoms with Crippen molar-refractivity contribution in [3.8, 4) is 0 Å². The van der Waals surface area contributed by atoms with Gasteiger partial charge in [0.25, 0.3) is 10.0 Å². The Bertz CT molecular complexity index is 745. The van der Waals surface area contributed by atoms with Crippen LogP contribution in [0.5, 0.6) is 0 Å². The molecule has 6 nitrogen and oxygen atoms in total. The summed E-state index contributed by atoms with van der Waals surface area (Å²) in [5.41, 5.74) is 5.97. The summed E-state index contributed by atoms with van der Waals surface area (Å²) in [4.78, 5) is -0.0570. The van der Waals surface area contributed by atoms with Gasteiger partial charge in [-0.05, 0) is 41.1 Å². The van der Waals surface area contributed by atoms with Crippen LogP contribution in [0, 0.1) is 0 Å². The number of nitrogens with zero attached hydrogens (tertiary/aromatic N) is 2. The van der Waals surface area contributed by atoms with Crippen LogP contribution in [0.4, 0.5) is 11.5 Å². The molecule has 1 aromatic carbocycles. The highest BCUT2D eigenvalue weighted by molar-refractivity contribution is 9.10. The first kappa shape index (κ1) is 15.1. The minimum Gasteiger partial charge on any atom is -0.381 e. The maximum atomic E-state index is 12.2. The van der Waals surface area contributed by atoms with Gasteiger partial charge < -0.3 is 5.73 Å². The lowest BCUT2D eigenvalue weighted by Gasteiger charge is -2.07. The van der Waals surface area contributed by atoms with Gasteiger partial charge in [-0.1, -0.05) is 11.6 Å². The summed E-state index contributed by atoms with van der Waals surface area (Å²) in [6, 6.07) is 4.75. The number of nitrogens with one attached hydrogen (secondary N) is 1. The third kappa shape index (κ3) is 3.08. The Morgan fingerprint density at radius 2 is 2.20 bits per heavy atom. The van der Waals surface area contributed by atoms with Crippen molar-refractivity contribution in [2.45, 2.75) is 18.4 Å². The molecule has 108 valence electrons. The molecule has 0 atom stereocenters. The number of sulfonamides is 1. The fourth-order valence-corrected chi connectivity index (χ4v) is 3.11. The van der Waals surface area contributed by atoms with E-state index in [1.54, 1.807) is 12.1 Å². The Kier molecular flexibility index (Phi) is 4.26. The van der Waals surface area contributed by atoms with Gasteiger partial charge in [-0.3, -0.25) is 9.40 Å². The monoisotopic (exact) mass is 378 g/mol. The largest absolute Gasteiger partial charge is 0.381 e. The first-order chi connectivity index (χ1) is 9.33. The van der Waals surface area contributed by atoms with Crippen molar-refractivity contribution >= 4 is 49.1 Å². The van der Waals surface area contributed by atoms with Crippen LogP contribution in [-0.2, 0) is 16.6 Å². The van der Waals surface area contributed by atoms with Crippen molar-refractivity contribution < 1.29 is 8.42 Å². The molecule has 2 aromatic rings. The third-order valence-corrected chi connectivity index (χ3v) is 5.17. The minimum atomic E-state index is -3.80. The molecule has 0 amide bonds. The molecule has 0 radical (unpaired) electrons. The van der Waals surface area contributed by atoms with Crippen LogP contribution in [0.3, 0.4) is 0 Å². The van der Waals surface area contributed by atoms with E-state index in [-0.39, 0.29) is 10.7 Å². The summed E-state index contributed by atoms with van der Waals surface area (Å²) in [6.45, 7) is 2.37. The van der Waals surface area contributed by atoms with Crippen molar-refractivity contribution in [3.05, 3.63) is 33.9 Å². The van der Waals surface area contributed by atoms with Crippen LogP contribution in [0.2, 0.25) is 5.02 Å². The van der Waals surface area contributed by atoms with E-state index in [9.17, 15) is 8.42 Å². The van der Waals surface area contributed by atoms with Gasteiger partial charge in [0.05, 0.1) is 10.7 Å². The number of benzene rings is 1. The van der Waals surface area contributed by atoms with Gasteiger partial charge in [0.15, 0.2) is 5.82 Å². The summed E-state index contributed by atoms with van der Waals surface area (Å²) in [6.07, 6.45) is 1.39. The Hall–Kier alpha value is -1.25. The smallest absolute Gasteiger partial charge is 0.267 e. The van der Waals surface area contributed by atoms with Crippen molar-refractivity contribution in [2.24, 2.45) is 0 Å². The van der Waals surface area contributed by atoms with E-state index >= 15 is 0 Å². The van der Waals surface area contributed by atoms with Crippen molar-refractivity contribution in [1.82, 2.24) is 9.78 Å². The summed E-state index contributed by atoms with van der Waals surface area (Å²) < 4.78 is 29.0. The lowest BCUT2D eigenvalue weighted by atomic mass is 10.3. The number of nitrogen functional groups attached to an aromatic ring is 1. The van der Waals surface area contributed by atoms with E-state index in [4.69, 9.17) is 17.3 Å². The van der Waals surface area contributed by atoms with Crippen LogP contribution in [0.25, 0.3) is 0 Å². The van der Waals surface area contributed by atoms with Crippen LogP contribution in [0.1, 0.15) is 6.92 Å². The molecule has 0 saturated heterocycles. The zero-order valence-corrected chi connectivity index (χ0v) is 13.6. The average Bonchev–Trinajstić information content (AvgIpc) is 2.76. The van der Waals surface area contributed by atoms with E-state index < -0.39 is 10.0 Å². The molecule has 2 rings (SSSR count). The van der Waals surface area contributed by atoms with Crippen LogP contribution in [-0.4, -0.2) is 18.2 Å². The highest BCUT2D eigenvalue weighted by atomic mass is 79.9. The molecule has 0 bridgehead atoms. The molecule has 0 unspecified atom stereocenters. The van der Waals surface area contributed by atoms with Gasteiger partial charge in [-0.15, -0.1) is 0 Å². The molecular formula is C11H12BrClN4O2S. The maximum absolute atomic E-state index is 12.2. The Labute approximate surface area is 130 Å². The van der Waals surface area contributed by atoms with Crippen LogP contribution >= 0.6 is 27.5 Å². The lowest BCUT2D eigenvalue weighted by molar-refractivity contribution is 0.600. The van der Waals surface area contributed by atoms with Crippen LogP contribution in [0.15, 0.2) is 33.8 Å². The number of rotatable bonds is 4. The molecule has 0 fully saturated rings. The molecule has 9 heteroatoms. The summed E-state index contributed by atoms with van der Waals surface area (Å²) in [5.74, 6) is -0.0393. The van der Waals surface area contributed by atoms with Gasteiger partial charge >= 0.3 is 0 Å². The second kappa shape index (κ2) is 5.63. The number of aromatic nitrogens is 2. The highest BCUT2D eigenvalue weighted by Crippen LogP contribution is 2.27. The van der Waals surface area contributed by atoms with E-state index in [0.29, 0.717) is 21.7 Å². The van der Waals surface area contributed by atoms with Gasteiger partial charge in [0.1, 0.15) is 4.90 Å². The highest BCUT2D eigenvalue weighted by Gasteiger charge is 2.21.